The van der Waals surface area contributed by atoms with E-state index in [-0.39, 0.29) is 10.8 Å². The summed E-state index contributed by atoms with van der Waals surface area (Å²) >= 11 is 0. The molecule has 230 valence electrons. The summed E-state index contributed by atoms with van der Waals surface area (Å²) in [4.78, 5) is 0. The Hall–Kier alpha value is -2.60. The highest BCUT2D eigenvalue weighted by molar-refractivity contribution is 5.63. The van der Waals surface area contributed by atoms with Crippen LogP contribution in [0.5, 0.6) is 0 Å². The lowest BCUT2D eigenvalue weighted by molar-refractivity contribution is -0.275. The van der Waals surface area contributed by atoms with Gasteiger partial charge in [-0.2, -0.15) is 0 Å². The Kier molecular flexibility index (Phi) is 5.64. The first-order valence-electron chi connectivity index (χ1n) is 17.5. The second-order valence-electron chi connectivity index (χ2n) is 19.0. The van der Waals surface area contributed by atoms with Crippen molar-refractivity contribution in [3.05, 3.63) is 96.1 Å². The van der Waals surface area contributed by atoms with Gasteiger partial charge < -0.3 is 0 Å². The summed E-state index contributed by atoms with van der Waals surface area (Å²) in [7, 11) is 0. The molecule has 0 heteroatoms. The Morgan fingerprint density at radius 1 is 0.432 bits per heavy atom. The van der Waals surface area contributed by atoms with Crippen LogP contribution in [0.4, 0.5) is 0 Å². The van der Waals surface area contributed by atoms with Crippen LogP contribution in [0, 0.1) is 32.5 Å². The van der Waals surface area contributed by atoms with Gasteiger partial charge in [-0.05, 0) is 166 Å². The Labute approximate surface area is 267 Å². The van der Waals surface area contributed by atoms with E-state index in [1.807, 2.05) is 12.2 Å². The second-order valence-corrected chi connectivity index (χ2v) is 19.0. The first-order valence-corrected chi connectivity index (χ1v) is 17.5. The summed E-state index contributed by atoms with van der Waals surface area (Å²) in [5.74, 6) is 0. The van der Waals surface area contributed by atoms with Crippen molar-refractivity contribution in [3.8, 4) is 0 Å². The summed E-state index contributed by atoms with van der Waals surface area (Å²) in [5.41, 5.74) is 11.1. The largest absolute Gasteiger partial charge is 0.0985 e. The van der Waals surface area contributed by atoms with E-state index in [0.717, 1.165) is 0 Å². The van der Waals surface area contributed by atoms with E-state index in [9.17, 15) is 0 Å². The molecule has 8 aliphatic carbocycles. The highest BCUT2D eigenvalue weighted by Crippen LogP contribution is 2.85. The molecule has 8 aliphatic rings. The Morgan fingerprint density at radius 2 is 0.773 bits per heavy atom. The molecule has 8 fully saturated rings. The molecule has 0 amide bonds. The smallest absolute Gasteiger partial charge is 0.00252 e. The van der Waals surface area contributed by atoms with Gasteiger partial charge in [-0.3, -0.25) is 0 Å². The van der Waals surface area contributed by atoms with E-state index >= 15 is 0 Å². The Bertz CT molecular complexity index is 1470. The van der Waals surface area contributed by atoms with Crippen molar-refractivity contribution >= 4 is 24.3 Å². The number of benzene rings is 2. The zero-order valence-electron chi connectivity index (χ0n) is 28.1. The highest BCUT2D eigenvalue weighted by Gasteiger charge is 2.76. The monoisotopic (exact) mass is 582 g/mol. The van der Waals surface area contributed by atoms with Gasteiger partial charge in [0.2, 0.25) is 0 Å². The van der Waals surface area contributed by atoms with Gasteiger partial charge in [-0.15, -0.1) is 0 Å². The molecule has 8 saturated carbocycles. The first-order chi connectivity index (χ1) is 20.7. The van der Waals surface area contributed by atoms with Crippen molar-refractivity contribution < 1.29 is 0 Å². The van der Waals surface area contributed by atoms with Gasteiger partial charge in [0.1, 0.15) is 0 Å². The molecular weight excluding hydrogens is 528 g/mol. The van der Waals surface area contributed by atoms with E-state index in [4.69, 9.17) is 0 Å². The van der Waals surface area contributed by atoms with E-state index in [0.29, 0.717) is 32.5 Å². The molecule has 0 aliphatic heterocycles. The molecule has 0 spiro atoms. The second kappa shape index (κ2) is 8.60. The van der Waals surface area contributed by atoms with Crippen molar-refractivity contribution in [1.82, 2.24) is 0 Å². The minimum Gasteiger partial charge on any atom is -0.0985 e. The molecule has 4 atom stereocenters. The minimum absolute atomic E-state index is 0.234. The molecule has 10 rings (SSSR count). The van der Waals surface area contributed by atoms with Gasteiger partial charge in [0.15, 0.2) is 0 Å². The highest BCUT2D eigenvalue weighted by atomic mass is 14.8. The average molecular weight is 583 g/mol. The van der Waals surface area contributed by atoms with E-state index < -0.39 is 0 Å². The number of hydrogen-bond donors (Lipinski definition) is 0. The number of rotatable bonds is 7. The Balaban J connectivity index is 1.32. The molecule has 0 N–H and O–H groups in total. The van der Waals surface area contributed by atoms with E-state index in [1.165, 1.54) is 99.3 Å². The van der Waals surface area contributed by atoms with Crippen LogP contribution in [-0.2, 0) is 10.8 Å². The van der Waals surface area contributed by atoms with Crippen LogP contribution in [0.2, 0.25) is 0 Å². The fraction of sp³-hybridized carbons (Fsp3) is 0.545. The molecule has 0 saturated heterocycles. The lowest BCUT2D eigenvalue weighted by atomic mass is 9.24. The maximum atomic E-state index is 4.34. The molecule has 2 aromatic rings. The van der Waals surface area contributed by atoms with Crippen LogP contribution in [0.25, 0.3) is 24.3 Å². The Morgan fingerprint density at radius 3 is 1.07 bits per heavy atom. The van der Waals surface area contributed by atoms with Crippen molar-refractivity contribution in [2.45, 2.75) is 116 Å². The molecule has 2 aromatic carbocycles. The van der Waals surface area contributed by atoms with E-state index in [2.05, 4.69) is 103 Å². The van der Waals surface area contributed by atoms with Gasteiger partial charge in [-0.25, -0.2) is 0 Å². The minimum atomic E-state index is 0.234. The molecule has 0 radical (unpaired) electrons. The van der Waals surface area contributed by atoms with Crippen molar-refractivity contribution in [3.63, 3.8) is 0 Å². The average Bonchev–Trinajstić information content (AvgIpc) is 2.92. The molecule has 0 nitrogen and oxygen atoms in total. The summed E-state index contributed by atoms with van der Waals surface area (Å²) in [6.07, 6.45) is 24.9. The third kappa shape index (κ3) is 3.75. The van der Waals surface area contributed by atoms with Gasteiger partial charge in [-0.1, -0.05) is 103 Å². The predicted octanol–water partition coefficient (Wildman–Crippen LogP) is 12.2. The maximum Gasteiger partial charge on any atom is -0.00252 e. The van der Waals surface area contributed by atoms with Crippen LogP contribution >= 0.6 is 0 Å². The van der Waals surface area contributed by atoms with Crippen LogP contribution in [0.1, 0.15) is 138 Å². The first kappa shape index (κ1) is 28.8. The molecule has 0 heterocycles. The van der Waals surface area contributed by atoms with Crippen molar-refractivity contribution in [1.29, 1.82) is 0 Å². The van der Waals surface area contributed by atoms with Gasteiger partial charge in [0.25, 0.3) is 0 Å². The lowest BCUT2D eigenvalue weighted by Crippen LogP contribution is -2.71. The number of hydrogen-bond acceptors (Lipinski definition) is 0. The third-order valence-electron chi connectivity index (χ3n) is 14.5. The summed E-state index contributed by atoms with van der Waals surface area (Å²) < 4.78 is 0. The van der Waals surface area contributed by atoms with Crippen molar-refractivity contribution in [2.75, 3.05) is 0 Å². The predicted molar refractivity (Wildman–Crippen MR) is 189 cm³/mol. The molecule has 4 unspecified atom stereocenters. The van der Waals surface area contributed by atoms with Gasteiger partial charge >= 0.3 is 0 Å². The quantitative estimate of drug-likeness (QED) is 0.305. The summed E-state index contributed by atoms with van der Waals surface area (Å²) in [6, 6.07) is 14.4. The molecule has 44 heavy (non-hydrogen) atoms. The summed E-state index contributed by atoms with van der Waals surface area (Å²) in [6.45, 7) is 27.6. The zero-order chi connectivity index (χ0) is 31.0. The van der Waals surface area contributed by atoms with Gasteiger partial charge in [0, 0.05) is 0 Å². The lowest BCUT2D eigenvalue weighted by Gasteiger charge is -2.80. The third-order valence-corrected chi connectivity index (χ3v) is 14.5. The van der Waals surface area contributed by atoms with Gasteiger partial charge in [0.05, 0.1) is 0 Å². The van der Waals surface area contributed by atoms with Crippen LogP contribution in [-0.4, -0.2) is 0 Å². The van der Waals surface area contributed by atoms with Crippen molar-refractivity contribution in [2.24, 2.45) is 32.5 Å². The zero-order valence-corrected chi connectivity index (χ0v) is 28.1. The normalized spacial score (nSPS) is 46.2. The molecular formula is C44H54. The summed E-state index contributed by atoms with van der Waals surface area (Å²) in [5, 5.41) is 0. The van der Waals surface area contributed by atoms with Crippen LogP contribution < -0.4 is 0 Å². The molecule has 8 bridgehead atoms. The van der Waals surface area contributed by atoms with Crippen LogP contribution in [0.3, 0.4) is 0 Å². The fourth-order valence-electron chi connectivity index (χ4n) is 15.8. The maximum absolute atomic E-state index is 4.34. The standard InChI is InChI=1S/C44H54/c1-9-31-13-15-35(33(11-3)17-31)41-21-37(5)19-38(6,22-41)26-43(25-37,29-41)44-27-39(7)20-40(8,28-44)24-42(23-39,30-44)36-16-14-32(10-2)18-34(36)12-4/h9-18H,1-4,19-30H2,5-8H3. The molecule has 0 aromatic heterocycles. The van der Waals surface area contributed by atoms with E-state index in [1.54, 1.807) is 11.1 Å². The fourth-order valence-corrected chi connectivity index (χ4v) is 15.8. The van der Waals surface area contributed by atoms with Crippen LogP contribution in [0.15, 0.2) is 62.7 Å². The topological polar surface area (TPSA) is 0 Å². The SMILES string of the molecule is C=Cc1ccc(C23CC4(C)CC(C)(C2)CC(C25CC6(C)CC(C)(CC(c7ccc(C=C)cc7C=C)(C6)C2)C5)(C4)C3)c(C=C)c1.